The number of nitrogens with zero attached hydrogens (tertiary/aromatic N) is 8. The number of rotatable bonds is 11. The first-order valence-electron chi connectivity index (χ1n) is 30.1. The standard InChI is InChI=1S/C61H87N11O7/c1-8-71-50-16-15-41-27-45(50)47(55(71)46-28-43(30-62-51(46)39(4)77-7)68-24-23-67-25-26-78-34-44(67)32-68)29-60(5,6)37-79-59(76)48-12-10-20-72(65-48)57(74)49(33-66-19-9-11-42(41)31-66)63-56(73)54(38(2)3)69-21-17-61(35-69)18-22-70(36-61)58(75)53-52(64-53)40-13-14-40/h11,15-16,27-28,30,38-40,44,48-49,52-54,64-65H,8-10,12-14,17-26,29,31-37H2,1-7H3,(H,63,73)/t39-,44-,48-,49-,52+,53+,54-,61-/m0/s1. The monoisotopic (exact) mass is 1090 g/mol. The normalized spacial score (nSPS) is 30.5. The van der Waals surface area contributed by atoms with Crippen molar-refractivity contribution >= 4 is 45.9 Å². The molecule has 3 N–H and O–H groups in total. The van der Waals surface area contributed by atoms with Gasteiger partial charge in [-0.25, -0.2) is 5.43 Å². The highest BCUT2D eigenvalue weighted by Gasteiger charge is 2.55. The lowest BCUT2D eigenvalue weighted by Crippen LogP contribution is -2.63. The molecule has 0 radical (unpaired) electrons. The van der Waals surface area contributed by atoms with E-state index in [0.29, 0.717) is 56.9 Å². The number of methoxy groups -OCH3 is 1. The smallest absolute Gasteiger partial charge is 0.324 e. The van der Waals surface area contributed by atoms with E-state index < -0.39 is 23.5 Å². The molecule has 1 spiro atoms. The molecule has 8 aliphatic heterocycles. The molecule has 18 heteroatoms. The fraction of sp³-hybridized carbons (Fsp3) is 0.689. The molecule has 7 fully saturated rings. The van der Waals surface area contributed by atoms with Crippen molar-refractivity contribution in [1.82, 2.24) is 50.2 Å². The summed E-state index contributed by atoms with van der Waals surface area (Å²) in [6, 6.07) is 7.80. The van der Waals surface area contributed by atoms with E-state index in [9.17, 15) is 14.4 Å². The van der Waals surface area contributed by atoms with Gasteiger partial charge in [0, 0.05) is 119 Å². The second-order valence-electron chi connectivity index (χ2n) is 26.0. The predicted molar refractivity (Wildman–Crippen MR) is 304 cm³/mol. The van der Waals surface area contributed by atoms with Crippen molar-refractivity contribution in [3.8, 4) is 11.3 Å². The van der Waals surface area contributed by atoms with Gasteiger partial charge < -0.3 is 33.9 Å². The molecule has 6 bridgehead atoms. The Morgan fingerprint density at radius 2 is 1.81 bits per heavy atom. The number of pyridine rings is 1. The third-order valence-electron chi connectivity index (χ3n) is 19.4. The van der Waals surface area contributed by atoms with Crippen LogP contribution in [0.1, 0.15) is 109 Å². The molecule has 2 aromatic heterocycles. The number of carbonyl (C=O) groups excluding carboxylic acids is 4. The molecule has 1 unspecified atom stereocenters. The largest absolute Gasteiger partial charge is 0.464 e. The molecule has 3 aromatic rings. The zero-order chi connectivity index (χ0) is 54.9. The number of likely N-dealkylation sites (tertiary alicyclic amines) is 2. The van der Waals surface area contributed by atoms with Gasteiger partial charge in [0.15, 0.2) is 0 Å². The number of hydrazine groups is 1. The number of carbonyl (C=O) groups is 4. The van der Waals surface area contributed by atoms with E-state index in [0.717, 1.165) is 137 Å². The van der Waals surface area contributed by atoms with Crippen molar-refractivity contribution in [2.24, 2.45) is 22.7 Å². The Morgan fingerprint density at radius 1 is 0.975 bits per heavy atom. The lowest BCUT2D eigenvalue weighted by Gasteiger charge is -2.44. The van der Waals surface area contributed by atoms with Crippen LogP contribution in [0.5, 0.6) is 0 Å². The van der Waals surface area contributed by atoms with Crippen LogP contribution in [0.15, 0.2) is 36.5 Å². The number of ether oxygens (including phenoxy) is 3. The minimum Gasteiger partial charge on any atom is -0.464 e. The number of aryl methyl sites for hydroxylation is 1. The van der Waals surface area contributed by atoms with Crippen molar-refractivity contribution in [2.75, 3.05) is 110 Å². The fourth-order valence-corrected chi connectivity index (χ4v) is 14.7. The first kappa shape index (κ1) is 54.6. The first-order valence-corrected chi connectivity index (χ1v) is 30.1. The van der Waals surface area contributed by atoms with Gasteiger partial charge in [0.1, 0.15) is 18.1 Å². The summed E-state index contributed by atoms with van der Waals surface area (Å²) in [7, 11) is 1.75. The summed E-state index contributed by atoms with van der Waals surface area (Å²) in [5.41, 5.74) is 11.5. The maximum atomic E-state index is 15.1. The van der Waals surface area contributed by atoms with Crippen molar-refractivity contribution in [2.45, 2.75) is 142 Å². The van der Waals surface area contributed by atoms with Crippen LogP contribution in [0, 0.1) is 22.7 Å². The zero-order valence-electron chi connectivity index (χ0n) is 48.1. The summed E-state index contributed by atoms with van der Waals surface area (Å²) in [4.78, 5) is 74.9. The van der Waals surface area contributed by atoms with E-state index >= 15 is 4.79 Å². The minimum atomic E-state index is -0.877. The molecule has 3 amide bonds. The molecule has 428 valence electrons. The van der Waals surface area contributed by atoms with Crippen LogP contribution in [0.2, 0.25) is 0 Å². The van der Waals surface area contributed by atoms with E-state index in [2.05, 4.69) is 117 Å². The molecule has 9 atom stereocenters. The number of aromatic nitrogens is 2. The number of morpholine rings is 1. The van der Waals surface area contributed by atoms with Gasteiger partial charge in [-0.05, 0) is 118 Å². The van der Waals surface area contributed by atoms with Crippen molar-refractivity contribution in [3.63, 3.8) is 0 Å². The molecule has 10 heterocycles. The number of esters is 1. The number of anilines is 1. The average Bonchev–Trinajstić information content (AvgIpc) is 4.38. The second-order valence-corrected chi connectivity index (χ2v) is 26.0. The summed E-state index contributed by atoms with van der Waals surface area (Å²) in [5, 5.41) is 9.52. The summed E-state index contributed by atoms with van der Waals surface area (Å²) in [6.07, 6.45) is 10.9. The second kappa shape index (κ2) is 22.1. The Morgan fingerprint density at radius 3 is 2.61 bits per heavy atom. The van der Waals surface area contributed by atoms with Gasteiger partial charge in [0.25, 0.3) is 5.91 Å². The lowest BCUT2D eigenvalue weighted by atomic mass is 9.84. The maximum Gasteiger partial charge on any atom is 0.324 e. The van der Waals surface area contributed by atoms with Crippen LogP contribution in [-0.4, -0.2) is 200 Å². The van der Waals surface area contributed by atoms with E-state index in [4.69, 9.17) is 19.2 Å². The van der Waals surface area contributed by atoms with Crippen LogP contribution >= 0.6 is 0 Å². The molecule has 9 aliphatic rings. The van der Waals surface area contributed by atoms with Crippen LogP contribution in [0.3, 0.4) is 0 Å². The fourth-order valence-electron chi connectivity index (χ4n) is 14.7. The van der Waals surface area contributed by atoms with Gasteiger partial charge in [-0.2, -0.15) is 0 Å². The molecule has 79 heavy (non-hydrogen) atoms. The average molecular weight is 1090 g/mol. The van der Waals surface area contributed by atoms with Crippen LogP contribution in [0.4, 0.5) is 5.69 Å². The Labute approximate surface area is 467 Å². The van der Waals surface area contributed by atoms with E-state index in [1.54, 1.807) is 12.1 Å². The molecule has 1 saturated carbocycles. The van der Waals surface area contributed by atoms with Crippen molar-refractivity contribution in [3.05, 3.63) is 53.4 Å². The number of hydrogen-bond acceptors (Lipinski definition) is 14. The van der Waals surface area contributed by atoms with Gasteiger partial charge in [0.2, 0.25) is 11.8 Å². The Bertz CT molecular complexity index is 2850. The third kappa shape index (κ3) is 11.0. The van der Waals surface area contributed by atoms with Gasteiger partial charge in [-0.1, -0.05) is 39.8 Å². The molecule has 1 aromatic carbocycles. The Kier molecular flexibility index (Phi) is 15.3. The quantitative estimate of drug-likeness (QED) is 0.175. The topological polar surface area (TPSA) is 179 Å². The summed E-state index contributed by atoms with van der Waals surface area (Å²) in [6.45, 7) is 24.0. The van der Waals surface area contributed by atoms with Crippen LogP contribution in [-0.2, 0) is 46.4 Å². The Balaban J connectivity index is 0.851. The summed E-state index contributed by atoms with van der Waals surface area (Å²) >= 11 is 0. The minimum absolute atomic E-state index is 0.0226. The predicted octanol–water partition coefficient (Wildman–Crippen LogP) is 4.85. The number of nitrogens with one attached hydrogen (secondary N) is 3. The highest BCUT2D eigenvalue weighted by molar-refractivity contribution is 5.95. The van der Waals surface area contributed by atoms with E-state index in [1.807, 2.05) is 6.20 Å². The van der Waals surface area contributed by atoms with Crippen molar-refractivity contribution < 1.29 is 33.4 Å². The lowest BCUT2D eigenvalue weighted by molar-refractivity contribution is -0.155. The number of fused-ring (bicyclic) bond motifs is 7. The molecule has 18 nitrogen and oxygen atoms in total. The summed E-state index contributed by atoms with van der Waals surface area (Å²) < 4.78 is 20.8. The van der Waals surface area contributed by atoms with Crippen molar-refractivity contribution in [1.29, 1.82) is 0 Å². The highest BCUT2D eigenvalue weighted by atomic mass is 16.5. The maximum absolute atomic E-state index is 15.1. The van der Waals surface area contributed by atoms with Crippen LogP contribution < -0.4 is 21.0 Å². The summed E-state index contributed by atoms with van der Waals surface area (Å²) in [5.74, 6) is 0.0815. The molecular weight excluding hydrogens is 999 g/mol. The van der Waals surface area contributed by atoms with E-state index in [1.165, 1.54) is 24.0 Å². The van der Waals surface area contributed by atoms with Gasteiger partial charge in [0.05, 0.1) is 61.3 Å². The molecular formula is C61H87N11O7. The molecule has 12 rings (SSSR count). The van der Waals surface area contributed by atoms with Gasteiger partial charge >= 0.3 is 5.97 Å². The van der Waals surface area contributed by atoms with Crippen LogP contribution in [0.25, 0.3) is 27.7 Å². The van der Waals surface area contributed by atoms with E-state index in [-0.39, 0.29) is 53.8 Å². The third-order valence-corrected chi connectivity index (χ3v) is 19.4. The number of benzene rings is 1. The number of piperazine rings is 1. The first-order chi connectivity index (χ1) is 38.1. The van der Waals surface area contributed by atoms with Gasteiger partial charge in [-0.15, -0.1) is 0 Å². The number of amides is 3. The SMILES string of the molecule is CCn1c(-c2cc(N3CCN4CCOC[C@@H]4C3)cnc2[C@H](C)OC)c2c3cc(ccc31)C1=CCCN(C1)C[C@H](NC(=O)[C@H](C(C)C)N1CC[C@]3(CCN(C(=O)[C@@H]4N[C@@H]4C4CC4)C3)C1)C(=O)N1CCC[C@H](N1)C(=O)OCC(C)(C)C2. The van der Waals surface area contributed by atoms with Gasteiger partial charge in [-0.3, -0.25) is 49.2 Å². The zero-order valence-corrected chi connectivity index (χ0v) is 48.1. The number of cyclic esters (lactones) is 1. The Hall–Kier alpha value is -4.95. The highest BCUT2D eigenvalue weighted by Crippen LogP contribution is 2.46. The molecule has 1 aliphatic carbocycles. The molecule has 6 saturated heterocycles. The number of hydrogen-bond donors (Lipinski definition) is 3.